The summed E-state index contributed by atoms with van der Waals surface area (Å²) < 4.78 is 5.14. The zero-order valence-corrected chi connectivity index (χ0v) is 15.9. The van der Waals surface area contributed by atoms with Crippen LogP contribution in [0.25, 0.3) is 0 Å². The predicted octanol–water partition coefficient (Wildman–Crippen LogP) is 0.994. The molecule has 6 heteroatoms. The molecule has 1 unspecified atom stereocenters. The van der Waals surface area contributed by atoms with E-state index in [1.54, 1.807) is 7.11 Å². The number of likely N-dealkylation sites (tertiary alicyclic amines) is 2. The third-order valence-electron chi connectivity index (χ3n) is 5.26. The number of hydrogen-bond donors (Lipinski definition) is 2. The SMILES string of the molecule is CN=C(NCC1CCCN(C)C1)NC1CCN(CCCOC)CC1. The van der Waals surface area contributed by atoms with Crippen LogP contribution >= 0.6 is 0 Å². The second-order valence-electron chi connectivity index (χ2n) is 7.33. The van der Waals surface area contributed by atoms with E-state index in [1.165, 1.54) is 51.9 Å². The lowest BCUT2D eigenvalue weighted by atomic mass is 9.98. The molecule has 2 saturated heterocycles. The van der Waals surface area contributed by atoms with E-state index in [2.05, 4.69) is 32.5 Å². The van der Waals surface area contributed by atoms with Gasteiger partial charge in [0.2, 0.25) is 0 Å². The van der Waals surface area contributed by atoms with Gasteiger partial charge in [0.15, 0.2) is 5.96 Å². The molecule has 2 aliphatic heterocycles. The van der Waals surface area contributed by atoms with Crippen molar-refractivity contribution in [2.45, 2.75) is 38.1 Å². The smallest absolute Gasteiger partial charge is 0.191 e. The Bertz CT molecular complexity index is 368. The number of hydrogen-bond acceptors (Lipinski definition) is 4. The van der Waals surface area contributed by atoms with Crippen molar-refractivity contribution in [3.8, 4) is 0 Å². The topological polar surface area (TPSA) is 52.1 Å². The lowest BCUT2D eigenvalue weighted by molar-refractivity contribution is 0.155. The Kier molecular flexibility index (Phi) is 8.84. The number of aliphatic imine (C=N–C) groups is 1. The quantitative estimate of drug-likeness (QED) is 0.412. The maximum Gasteiger partial charge on any atom is 0.191 e. The molecule has 6 nitrogen and oxygen atoms in total. The minimum absolute atomic E-state index is 0.545. The van der Waals surface area contributed by atoms with Gasteiger partial charge in [-0.1, -0.05) is 0 Å². The van der Waals surface area contributed by atoms with E-state index in [-0.39, 0.29) is 0 Å². The monoisotopic (exact) mass is 339 g/mol. The number of nitrogens with zero attached hydrogens (tertiary/aromatic N) is 3. The summed E-state index contributed by atoms with van der Waals surface area (Å²) >= 11 is 0. The second kappa shape index (κ2) is 10.9. The van der Waals surface area contributed by atoms with Crippen molar-refractivity contribution in [2.75, 3.05) is 67.1 Å². The molecule has 0 aromatic rings. The molecule has 0 spiro atoms. The molecule has 0 amide bonds. The van der Waals surface area contributed by atoms with Gasteiger partial charge in [0.1, 0.15) is 0 Å². The zero-order valence-electron chi connectivity index (χ0n) is 15.9. The third kappa shape index (κ3) is 6.95. The molecule has 2 fully saturated rings. The van der Waals surface area contributed by atoms with Gasteiger partial charge in [0, 0.05) is 59.5 Å². The van der Waals surface area contributed by atoms with Gasteiger partial charge >= 0.3 is 0 Å². The summed E-state index contributed by atoms with van der Waals surface area (Å²) in [5.41, 5.74) is 0. The van der Waals surface area contributed by atoms with Crippen molar-refractivity contribution in [3.05, 3.63) is 0 Å². The highest BCUT2D eigenvalue weighted by molar-refractivity contribution is 5.79. The Balaban J connectivity index is 1.63. The minimum atomic E-state index is 0.545. The van der Waals surface area contributed by atoms with Crippen molar-refractivity contribution >= 4 is 5.96 Å². The molecular weight excluding hydrogens is 302 g/mol. The summed E-state index contributed by atoms with van der Waals surface area (Å²) in [5, 5.41) is 7.16. The maximum absolute atomic E-state index is 5.14. The van der Waals surface area contributed by atoms with Crippen LogP contribution in [0.15, 0.2) is 4.99 Å². The molecule has 0 aliphatic carbocycles. The number of guanidine groups is 1. The van der Waals surface area contributed by atoms with E-state index in [9.17, 15) is 0 Å². The van der Waals surface area contributed by atoms with E-state index >= 15 is 0 Å². The Labute approximate surface area is 148 Å². The van der Waals surface area contributed by atoms with Gasteiger partial charge in [-0.05, 0) is 51.6 Å². The van der Waals surface area contributed by atoms with Crippen LogP contribution in [0.5, 0.6) is 0 Å². The molecular formula is C18H37N5O. The lowest BCUT2D eigenvalue weighted by Crippen LogP contribution is -2.50. The fourth-order valence-electron chi connectivity index (χ4n) is 3.80. The third-order valence-corrected chi connectivity index (χ3v) is 5.26. The molecule has 2 rings (SSSR count). The summed E-state index contributed by atoms with van der Waals surface area (Å²) in [6.45, 7) is 7.83. The number of piperidine rings is 2. The van der Waals surface area contributed by atoms with Gasteiger partial charge in [-0.25, -0.2) is 0 Å². The van der Waals surface area contributed by atoms with Gasteiger partial charge in [0.25, 0.3) is 0 Å². The van der Waals surface area contributed by atoms with Crippen LogP contribution in [0, 0.1) is 5.92 Å². The first-order chi connectivity index (χ1) is 11.7. The lowest BCUT2D eigenvalue weighted by Gasteiger charge is -2.34. The van der Waals surface area contributed by atoms with E-state index in [4.69, 9.17) is 4.74 Å². The average Bonchev–Trinajstić information content (AvgIpc) is 2.60. The fraction of sp³-hybridized carbons (Fsp3) is 0.944. The highest BCUT2D eigenvalue weighted by Gasteiger charge is 2.21. The average molecular weight is 340 g/mol. The molecule has 24 heavy (non-hydrogen) atoms. The van der Waals surface area contributed by atoms with E-state index < -0.39 is 0 Å². The number of ether oxygens (including phenoxy) is 1. The Morgan fingerprint density at radius 1 is 1.21 bits per heavy atom. The zero-order chi connectivity index (χ0) is 17.2. The first-order valence-electron chi connectivity index (χ1n) is 9.58. The van der Waals surface area contributed by atoms with E-state index in [1.807, 2.05) is 7.05 Å². The molecule has 2 aliphatic rings. The Hall–Kier alpha value is -0.850. The van der Waals surface area contributed by atoms with Crippen LogP contribution in [0.4, 0.5) is 0 Å². The highest BCUT2D eigenvalue weighted by Crippen LogP contribution is 2.14. The highest BCUT2D eigenvalue weighted by atomic mass is 16.5. The van der Waals surface area contributed by atoms with Gasteiger partial charge in [0.05, 0.1) is 0 Å². The number of rotatable bonds is 7. The first kappa shape index (κ1) is 19.5. The number of methoxy groups -OCH3 is 1. The van der Waals surface area contributed by atoms with Crippen LogP contribution in [-0.4, -0.2) is 88.9 Å². The predicted molar refractivity (Wildman–Crippen MR) is 101 cm³/mol. The largest absolute Gasteiger partial charge is 0.385 e. The van der Waals surface area contributed by atoms with Crippen LogP contribution in [0.3, 0.4) is 0 Å². The first-order valence-corrected chi connectivity index (χ1v) is 9.58. The minimum Gasteiger partial charge on any atom is -0.385 e. The molecule has 1 atom stereocenters. The molecule has 140 valence electrons. The maximum atomic E-state index is 5.14. The summed E-state index contributed by atoms with van der Waals surface area (Å²) in [7, 11) is 5.88. The molecule has 0 bridgehead atoms. The normalized spacial score (nSPS) is 25.0. The van der Waals surface area contributed by atoms with Crippen LogP contribution in [0.1, 0.15) is 32.1 Å². The summed E-state index contributed by atoms with van der Waals surface area (Å²) in [4.78, 5) is 9.40. The molecule has 0 radical (unpaired) electrons. The Morgan fingerprint density at radius 2 is 2.00 bits per heavy atom. The van der Waals surface area contributed by atoms with E-state index in [0.29, 0.717) is 6.04 Å². The molecule has 2 N–H and O–H groups in total. The van der Waals surface area contributed by atoms with E-state index in [0.717, 1.165) is 38.0 Å². The van der Waals surface area contributed by atoms with Crippen molar-refractivity contribution < 1.29 is 4.74 Å². The second-order valence-corrected chi connectivity index (χ2v) is 7.33. The van der Waals surface area contributed by atoms with Crippen molar-refractivity contribution in [1.82, 2.24) is 20.4 Å². The van der Waals surface area contributed by atoms with Gasteiger partial charge in [-0.2, -0.15) is 0 Å². The molecule has 0 aromatic heterocycles. The van der Waals surface area contributed by atoms with Crippen LogP contribution in [0.2, 0.25) is 0 Å². The summed E-state index contributed by atoms with van der Waals surface area (Å²) in [6.07, 6.45) is 6.16. The van der Waals surface area contributed by atoms with Crippen molar-refractivity contribution in [1.29, 1.82) is 0 Å². The van der Waals surface area contributed by atoms with Crippen molar-refractivity contribution in [2.24, 2.45) is 10.9 Å². The van der Waals surface area contributed by atoms with Crippen molar-refractivity contribution in [3.63, 3.8) is 0 Å². The van der Waals surface area contributed by atoms with Gasteiger partial charge in [-0.15, -0.1) is 0 Å². The van der Waals surface area contributed by atoms with Crippen LogP contribution in [-0.2, 0) is 4.74 Å². The van der Waals surface area contributed by atoms with Crippen LogP contribution < -0.4 is 10.6 Å². The fourth-order valence-corrected chi connectivity index (χ4v) is 3.80. The summed E-state index contributed by atoms with van der Waals surface area (Å²) in [6, 6.07) is 0.545. The van der Waals surface area contributed by atoms with Gasteiger partial charge in [-0.3, -0.25) is 4.99 Å². The number of nitrogens with one attached hydrogen (secondary N) is 2. The standard InChI is InChI=1S/C18H37N5O/c1-19-18(20-14-16-6-4-9-22(2)15-16)21-17-7-11-23(12-8-17)10-5-13-24-3/h16-17H,4-15H2,1-3H3,(H2,19,20,21). The Morgan fingerprint density at radius 3 is 2.67 bits per heavy atom. The molecule has 0 aromatic carbocycles. The summed E-state index contributed by atoms with van der Waals surface area (Å²) in [5.74, 6) is 1.71. The molecule has 2 heterocycles. The molecule has 0 saturated carbocycles. The van der Waals surface area contributed by atoms with Gasteiger partial charge < -0.3 is 25.2 Å².